The second kappa shape index (κ2) is 7.76. The van der Waals surface area contributed by atoms with Crippen molar-refractivity contribution < 1.29 is 4.74 Å². The zero-order valence-electron chi connectivity index (χ0n) is 13.9. The molecule has 1 rings (SSSR count). The summed E-state index contributed by atoms with van der Waals surface area (Å²) in [5.41, 5.74) is 2.56. The maximum absolute atomic E-state index is 5.07. The van der Waals surface area contributed by atoms with Crippen LogP contribution in [0.25, 0.3) is 0 Å². The average molecular weight is 282 g/mol. The number of hydrogen-bond acceptors (Lipinski definition) is 4. The van der Waals surface area contributed by atoms with Gasteiger partial charge in [-0.1, -0.05) is 20.8 Å². The monoisotopic (exact) mass is 282 g/mol. The molecule has 0 aromatic carbocycles. The highest BCUT2D eigenvalue weighted by molar-refractivity contribution is 5.23. The molecular formula is C15H30N4O. The van der Waals surface area contributed by atoms with Crippen molar-refractivity contribution in [2.75, 3.05) is 40.4 Å². The number of aryl methyl sites for hydroxylation is 1. The lowest BCUT2D eigenvalue weighted by Gasteiger charge is -2.19. The van der Waals surface area contributed by atoms with Crippen molar-refractivity contribution in [1.82, 2.24) is 20.0 Å². The molecule has 1 N–H and O–H groups in total. The van der Waals surface area contributed by atoms with E-state index >= 15 is 0 Å². The third-order valence-corrected chi connectivity index (χ3v) is 3.28. The number of nitrogens with zero attached hydrogens (tertiary/aromatic N) is 3. The predicted molar refractivity (Wildman–Crippen MR) is 83.0 cm³/mol. The van der Waals surface area contributed by atoms with Crippen LogP contribution in [0.3, 0.4) is 0 Å². The van der Waals surface area contributed by atoms with E-state index < -0.39 is 0 Å². The Morgan fingerprint density at radius 3 is 2.65 bits per heavy atom. The van der Waals surface area contributed by atoms with Crippen LogP contribution in [0.2, 0.25) is 0 Å². The number of aromatic nitrogens is 2. The standard InChI is InChI=1S/C15H30N4O/c1-15(2,3)14-13(12-19(5)17-14)11-16-7-8-18(4)9-10-20-6/h12,16H,7-11H2,1-6H3. The third-order valence-electron chi connectivity index (χ3n) is 3.28. The molecule has 0 radical (unpaired) electrons. The fourth-order valence-corrected chi connectivity index (χ4v) is 2.15. The molecule has 0 aliphatic heterocycles. The van der Waals surface area contributed by atoms with Gasteiger partial charge in [0, 0.05) is 57.5 Å². The molecule has 0 unspecified atom stereocenters. The van der Waals surface area contributed by atoms with Gasteiger partial charge in [-0.15, -0.1) is 0 Å². The lowest BCUT2D eigenvalue weighted by atomic mass is 9.89. The van der Waals surface area contributed by atoms with Crippen molar-refractivity contribution in [2.24, 2.45) is 7.05 Å². The third kappa shape index (κ3) is 5.61. The summed E-state index contributed by atoms with van der Waals surface area (Å²) in [5, 5.41) is 8.09. The quantitative estimate of drug-likeness (QED) is 0.732. The van der Waals surface area contributed by atoms with E-state index in [1.165, 1.54) is 11.3 Å². The minimum Gasteiger partial charge on any atom is -0.383 e. The fraction of sp³-hybridized carbons (Fsp3) is 0.800. The molecule has 1 aromatic rings. The lowest BCUT2D eigenvalue weighted by molar-refractivity contribution is 0.161. The van der Waals surface area contributed by atoms with E-state index in [9.17, 15) is 0 Å². The number of methoxy groups -OCH3 is 1. The van der Waals surface area contributed by atoms with E-state index in [0.29, 0.717) is 0 Å². The van der Waals surface area contributed by atoms with Crippen LogP contribution in [-0.4, -0.2) is 55.1 Å². The van der Waals surface area contributed by atoms with Gasteiger partial charge in [-0.2, -0.15) is 5.10 Å². The summed E-state index contributed by atoms with van der Waals surface area (Å²) in [7, 11) is 5.84. The Morgan fingerprint density at radius 2 is 2.05 bits per heavy atom. The molecule has 0 atom stereocenters. The van der Waals surface area contributed by atoms with E-state index in [4.69, 9.17) is 4.74 Å². The minimum atomic E-state index is 0.0908. The molecule has 1 aromatic heterocycles. The van der Waals surface area contributed by atoms with Gasteiger partial charge in [0.25, 0.3) is 0 Å². The van der Waals surface area contributed by atoms with Crippen LogP contribution in [0, 0.1) is 0 Å². The zero-order chi connectivity index (χ0) is 15.2. The first-order valence-electron chi connectivity index (χ1n) is 7.25. The van der Waals surface area contributed by atoms with Crippen LogP contribution in [0.15, 0.2) is 6.20 Å². The molecule has 116 valence electrons. The SMILES string of the molecule is COCCN(C)CCNCc1cn(C)nc1C(C)(C)C. The van der Waals surface area contributed by atoms with Gasteiger partial charge in [0.15, 0.2) is 0 Å². The molecule has 0 bridgehead atoms. The molecule has 0 saturated heterocycles. The number of ether oxygens (including phenoxy) is 1. The Morgan fingerprint density at radius 1 is 1.35 bits per heavy atom. The van der Waals surface area contributed by atoms with Crippen LogP contribution in [0.4, 0.5) is 0 Å². The van der Waals surface area contributed by atoms with E-state index in [1.807, 2.05) is 11.7 Å². The van der Waals surface area contributed by atoms with Crippen LogP contribution < -0.4 is 5.32 Å². The van der Waals surface area contributed by atoms with Gasteiger partial charge in [0.1, 0.15) is 0 Å². The highest BCUT2D eigenvalue weighted by Gasteiger charge is 2.21. The Labute approximate surface area is 123 Å². The van der Waals surface area contributed by atoms with Gasteiger partial charge in [-0.05, 0) is 7.05 Å². The van der Waals surface area contributed by atoms with E-state index in [0.717, 1.165) is 32.8 Å². The van der Waals surface area contributed by atoms with Crippen molar-refractivity contribution in [1.29, 1.82) is 0 Å². The first-order valence-corrected chi connectivity index (χ1v) is 7.25. The number of hydrogen-bond donors (Lipinski definition) is 1. The Hall–Kier alpha value is -0.910. The molecule has 20 heavy (non-hydrogen) atoms. The molecule has 0 saturated carbocycles. The van der Waals surface area contributed by atoms with Crippen LogP contribution in [0.5, 0.6) is 0 Å². The Balaban J connectivity index is 2.39. The Bertz CT molecular complexity index is 395. The van der Waals surface area contributed by atoms with Crippen molar-refractivity contribution >= 4 is 0 Å². The first kappa shape index (κ1) is 17.1. The van der Waals surface area contributed by atoms with Gasteiger partial charge in [-0.3, -0.25) is 4.68 Å². The average Bonchev–Trinajstić information content (AvgIpc) is 2.73. The van der Waals surface area contributed by atoms with Crippen molar-refractivity contribution in [2.45, 2.75) is 32.7 Å². The van der Waals surface area contributed by atoms with Crippen molar-refractivity contribution in [3.63, 3.8) is 0 Å². The molecule has 0 aliphatic rings. The van der Waals surface area contributed by atoms with Crippen molar-refractivity contribution in [3.8, 4) is 0 Å². The molecule has 0 aliphatic carbocycles. The van der Waals surface area contributed by atoms with Gasteiger partial charge in [-0.25, -0.2) is 0 Å². The van der Waals surface area contributed by atoms with Crippen LogP contribution in [0.1, 0.15) is 32.0 Å². The smallest absolute Gasteiger partial charge is 0.0722 e. The summed E-state index contributed by atoms with van der Waals surface area (Å²) in [5.74, 6) is 0. The molecule has 5 heteroatoms. The number of rotatable bonds is 8. The lowest BCUT2D eigenvalue weighted by Crippen LogP contribution is -2.31. The molecule has 0 fully saturated rings. The van der Waals surface area contributed by atoms with E-state index in [1.54, 1.807) is 7.11 Å². The highest BCUT2D eigenvalue weighted by atomic mass is 16.5. The number of likely N-dealkylation sites (N-methyl/N-ethyl adjacent to an activating group) is 1. The fourth-order valence-electron chi connectivity index (χ4n) is 2.15. The summed E-state index contributed by atoms with van der Waals surface area (Å²) in [6.45, 7) is 11.2. The van der Waals surface area contributed by atoms with Crippen molar-refractivity contribution in [3.05, 3.63) is 17.5 Å². The van der Waals surface area contributed by atoms with Crippen LogP contribution in [-0.2, 0) is 23.7 Å². The maximum atomic E-state index is 5.07. The van der Waals surface area contributed by atoms with Gasteiger partial charge in [0.2, 0.25) is 0 Å². The largest absolute Gasteiger partial charge is 0.383 e. The molecular weight excluding hydrogens is 252 g/mol. The normalized spacial score (nSPS) is 12.3. The van der Waals surface area contributed by atoms with Gasteiger partial charge < -0.3 is 15.0 Å². The molecule has 5 nitrogen and oxygen atoms in total. The topological polar surface area (TPSA) is 42.3 Å². The summed E-state index contributed by atoms with van der Waals surface area (Å²) >= 11 is 0. The minimum absolute atomic E-state index is 0.0908. The summed E-state index contributed by atoms with van der Waals surface area (Å²) in [4.78, 5) is 2.27. The van der Waals surface area contributed by atoms with Crippen LogP contribution >= 0.6 is 0 Å². The first-order chi connectivity index (χ1) is 9.34. The molecule has 0 amide bonds. The summed E-state index contributed by atoms with van der Waals surface area (Å²) in [6.07, 6.45) is 2.11. The maximum Gasteiger partial charge on any atom is 0.0722 e. The van der Waals surface area contributed by atoms with E-state index in [2.05, 4.69) is 49.3 Å². The summed E-state index contributed by atoms with van der Waals surface area (Å²) < 4.78 is 6.98. The number of nitrogens with one attached hydrogen (secondary N) is 1. The predicted octanol–water partition coefficient (Wildman–Crippen LogP) is 1.39. The highest BCUT2D eigenvalue weighted by Crippen LogP contribution is 2.23. The summed E-state index contributed by atoms with van der Waals surface area (Å²) in [6, 6.07) is 0. The molecule has 0 spiro atoms. The second-order valence-electron chi connectivity index (χ2n) is 6.40. The molecule has 1 heterocycles. The van der Waals surface area contributed by atoms with Gasteiger partial charge in [0.05, 0.1) is 12.3 Å². The van der Waals surface area contributed by atoms with E-state index in [-0.39, 0.29) is 5.41 Å². The second-order valence-corrected chi connectivity index (χ2v) is 6.40. The van der Waals surface area contributed by atoms with Gasteiger partial charge >= 0.3 is 0 Å². The zero-order valence-corrected chi connectivity index (χ0v) is 13.9. The Kier molecular flexibility index (Phi) is 6.65.